The summed E-state index contributed by atoms with van der Waals surface area (Å²) in [6.07, 6.45) is 0. The van der Waals surface area contributed by atoms with Crippen molar-refractivity contribution in [1.82, 2.24) is 9.97 Å². The van der Waals surface area contributed by atoms with Crippen LogP contribution in [0.2, 0.25) is 0 Å². The molecule has 0 N–H and O–H groups in total. The van der Waals surface area contributed by atoms with Crippen LogP contribution in [-0.2, 0) is 0 Å². The van der Waals surface area contributed by atoms with Crippen molar-refractivity contribution >= 4 is 0 Å². The molecule has 0 fully saturated rings. The van der Waals surface area contributed by atoms with Gasteiger partial charge in [0.2, 0.25) is 0 Å². The number of rotatable bonds is 3. The Hall–Kier alpha value is -2.55. The lowest BCUT2D eigenvalue weighted by Crippen LogP contribution is -2.04. The number of nitrogens with zero attached hydrogens (tertiary/aromatic N) is 2. The van der Waals surface area contributed by atoms with Crippen molar-refractivity contribution in [3.05, 3.63) is 71.7 Å². The first kappa shape index (κ1) is 18.8. The quantitative estimate of drug-likeness (QED) is 0.552. The Morgan fingerprint density at radius 3 is 1.96 bits per heavy atom. The van der Waals surface area contributed by atoms with Crippen molar-refractivity contribution in [2.75, 3.05) is 0 Å². The minimum atomic E-state index is -0.243. The predicted octanol–water partition coefficient (Wildman–Crippen LogP) is 6.41. The van der Waals surface area contributed by atoms with Gasteiger partial charge >= 0.3 is 0 Å². The normalized spacial score (nSPS) is 10.4. The van der Waals surface area contributed by atoms with E-state index in [0.29, 0.717) is 11.7 Å². The molecule has 0 aliphatic carbocycles. The minimum absolute atomic E-state index is 0.243. The van der Waals surface area contributed by atoms with Crippen LogP contribution in [-0.4, -0.2) is 9.97 Å². The largest absolute Gasteiger partial charge is 0.232 e. The van der Waals surface area contributed by atoms with E-state index >= 15 is 0 Å². The third kappa shape index (κ3) is 4.30. The molecule has 1 aromatic heterocycles. The zero-order valence-electron chi connectivity index (χ0n) is 15.5. The lowest BCUT2D eigenvalue weighted by Gasteiger charge is -2.15. The Kier molecular flexibility index (Phi) is 6.40. The van der Waals surface area contributed by atoms with Gasteiger partial charge in [-0.05, 0) is 42.7 Å². The molecule has 2 nitrogen and oxygen atoms in total. The van der Waals surface area contributed by atoms with E-state index in [1.807, 2.05) is 51.1 Å². The van der Waals surface area contributed by atoms with E-state index in [4.69, 9.17) is 9.97 Å². The molecule has 0 aliphatic rings. The monoisotopic (exact) mass is 336 g/mol. The highest BCUT2D eigenvalue weighted by atomic mass is 19.1. The summed E-state index contributed by atoms with van der Waals surface area (Å²) in [6.45, 7) is 10.3. The molecule has 0 saturated heterocycles. The molecule has 130 valence electrons. The number of aromatic nitrogens is 2. The molecule has 3 heteroatoms. The fourth-order valence-electron chi connectivity index (χ4n) is 2.70. The van der Waals surface area contributed by atoms with Crippen molar-refractivity contribution in [1.29, 1.82) is 0 Å². The highest BCUT2D eigenvalue weighted by Crippen LogP contribution is 2.29. The molecule has 1 heterocycles. The topological polar surface area (TPSA) is 25.8 Å². The Bertz CT molecular complexity index is 809. The van der Waals surface area contributed by atoms with Gasteiger partial charge in [0, 0.05) is 11.1 Å². The number of benzene rings is 2. The van der Waals surface area contributed by atoms with Gasteiger partial charge in [0.05, 0.1) is 11.4 Å². The summed E-state index contributed by atoms with van der Waals surface area (Å²) in [6, 6.07) is 16.4. The predicted molar refractivity (Wildman–Crippen MR) is 103 cm³/mol. The molecule has 0 radical (unpaired) electrons. The van der Waals surface area contributed by atoms with Gasteiger partial charge in [-0.3, -0.25) is 0 Å². The number of hydrogen-bond donors (Lipinski definition) is 0. The lowest BCUT2D eigenvalue weighted by molar-refractivity contribution is 0.628. The van der Waals surface area contributed by atoms with Gasteiger partial charge in [0.15, 0.2) is 5.82 Å². The van der Waals surface area contributed by atoms with E-state index in [9.17, 15) is 4.39 Å². The maximum Gasteiger partial charge on any atom is 0.160 e. The van der Waals surface area contributed by atoms with E-state index < -0.39 is 0 Å². The summed E-state index contributed by atoms with van der Waals surface area (Å²) in [7, 11) is 0. The van der Waals surface area contributed by atoms with Gasteiger partial charge in [-0.2, -0.15) is 0 Å². The molecule has 0 unspecified atom stereocenters. The Balaban J connectivity index is 0.00000109. The first-order chi connectivity index (χ1) is 12.1. The number of hydrogen-bond acceptors (Lipinski definition) is 2. The second-order valence-electron chi connectivity index (χ2n) is 5.93. The summed E-state index contributed by atoms with van der Waals surface area (Å²) in [5, 5.41) is 0. The molecular formula is C22H25FN2. The van der Waals surface area contributed by atoms with Gasteiger partial charge in [-0.1, -0.05) is 58.0 Å². The summed E-state index contributed by atoms with van der Waals surface area (Å²) < 4.78 is 13.2. The number of halogens is 1. The first-order valence-corrected chi connectivity index (χ1v) is 8.76. The van der Waals surface area contributed by atoms with Crippen molar-refractivity contribution in [2.24, 2.45) is 0 Å². The first-order valence-electron chi connectivity index (χ1n) is 8.76. The molecule has 0 saturated carbocycles. The van der Waals surface area contributed by atoms with Crippen molar-refractivity contribution in [2.45, 2.75) is 40.5 Å². The van der Waals surface area contributed by atoms with Crippen LogP contribution in [0.3, 0.4) is 0 Å². The molecule has 0 bridgehead atoms. The zero-order chi connectivity index (χ0) is 18.4. The van der Waals surface area contributed by atoms with Crippen LogP contribution in [0, 0.1) is 12.7 Å². The zero-order valence-corrected chi connectivity index (χ0v) is 15.5. The molecule has 0 aliphatic heterocycles. The average Bonchev–Trinajstić information content (AvgIpc) is 2.65. The summed E-state index contributed by atoms with van der Waals surface area (Å²) >= 11 is 0. The van der Waals surface area contributed by atoms with Crippen molar-refractivity contribution in [3.63, 3.8) is 0 Å². The van der Waals surface area contributed by atoms with Gasteiger partial charge in [-0.25, -0.2) is 14.4 Å². The summed E-state index contributed by atoms with van der Waals surface area (Å²) in [5.41, 5.74) is 4.83. The molecule has 0 spiro atoms. The van der Waals surface area contributed by atoms with Crippen LogP contribution < -0.4 is 0 Å². The van der Waals surface area contributed by atoms with E-state index in [1.165, 1.54) is 12.1 Å². The molecule has 0 atom stereocenters. The highest BCUT2D eigenvalue weighted by Gasteiger charge is 2.15. The van der Waals surface area contributed by atoms with Crippen LogP contribution in [0.4, 0.5) is 4.39 Å². The second kappa shape index (κ2) is 8.52. The maximum atomic E-state index is 13.2. The van der Waals surface area contributed by atoms with Gasteiger partial charge < -0.3 is 0 Å². The Morgan fingerprint density at radius 1 is 0.800 bits per heavy atom. The molecule has 2 aromatic carbocycles. The molecular weight excluding hydrogens is 311 g/mol. The lowest BCUT2D eigenvalue weighted by atomic mass is 9.99. The van der Waals surface area contributed by atoms with E-state index in [-0.39, 0.29) is 5.82 Å². The Labute approximate surface area is 149 Å². The van der Waals surface area contributed by atoms with E-state index in [0.717, 1.165) is 28.1 Å². The molecule has 3 rings (SSSR count). The minimum Gasteiger partial charge on any atom is -0.232 e. The average molecular weight is 336 g/mol. The SMILES string of the molecule is CC.Cc1c(-c2ccc(F)cc2)nc(-c2ccccc2)nc1C(C)C. The molecule has 3 aromatic rings. The van der Waals surface area contributed by atoms with Gasteiger partial charge in [-0.15, -0.1) is 0 Å². The summed E-state index contributed by atoms with van der Waals surface area (Å²) in [5.74, 6) is 0.756. The van der Waals surface area contributed by atoms with E-state index in [1.54, 1.807) is 12.1 Å². The van der Waals surface area contributed by atoms with Gasteiger partial charge in [0.25, 0.3) is 0 Å². The standard InChI is InChI=1S/C20H19FN2.C2H6/c1-13(2)18-14(3)19(15-9-11-17(21)12-10-15)23-20(22-18)16-7-5-4-6-8-16;1-2/h4-13H,1-3H3;1-2H3. The molecule has 25 heavy (non-hydrogen) atoms. The Morgan fingerprint density at radius 2 is 1.40 bits per heavy atom. The summed E-state index contributed by atoms with van der Waals surface area (Å²) in [4.78, 5) is 9.51. The smallest absolute Gasteiger partial charge is 0.160 e. The van der Waals surface area contributed by atoms with Crippen LogP contribution in [0.15, 0.2) is 54.6 Å². The maximum absolute atomic E-state index is 13.2. The molecule has 0 amide bonds. The highest BCUT2D eigenvalue weighted by molar-refractivity contribution is 5.67. The fourth-order valence-corrected chi connectivity index (χ4v) is 2.70. The van der Waals surface area contributed by atoms with Crippen LogP contribution >= 0.6 is 0 Å². The van der Waals surface area contributed by atoms with Crippen molar-refractivity contribution < 1.29 is 4.39 Å². The fraction of sp³-hybridized carbons (Fsp3) is 0.273. The third-order valence-electron chi connectivity index (χ3n) is 3.88. The second-order valence-corrected chi connectivity index (χ2v) is 5.93. The van der Waals surface area contributed by atoms with Crippen LogP contribution in [0.5, 0.6) is 0 Å². The van der Waals surface area contributed by atoms with Crippen molar-refractivity contribution in [3.8, 4) is 22.6 Å². The van der Waals surface area contributed by atoms with Crippen LogP contribution in [0.25, 0.3) is 22.6 Å². The van der Waals surface area contributed by atoms with Gasteiger partial charge in [0.1, 0.15) is 5.82 Å². The third-order valence-corrected chi connectivity index (χ3v) is 3.88. The van der Waals surface area contributed by atoms with Crippen LogP contribution in [0.1, 0.15) is 44.9 Å². The van der Waals surface area contributed by atoms with E-state index in [2.05, 4.69) is 13.8 Å².